The minimum Gasteiger partial charge on any atom is -0.379 e. The summed E-state index contributed by atoms with van der Waals surface area (Å²) in [4.78, 5) is 17.5. The lowest BCUT2D eigenvalue weighted by molar-refractivity contribution is -0.123. The summed E-state index contributed by atoms with van der Waals surface area (Å²) in [5.74, 6) is -0.109. The molecule has 1 aromatic rings. The maximum atomic E-state index is 11.6. The number of hydrogen-bond donors (Lipinski definition) is 1. The Labute approximate surface area is 106 Å². The number of nitrogens with one attached hydrogen (secondary N) is 1. The van der Waals surface area contributed by atoms with Gasteiger partial charge in [0.2, 0.25) is 0 Å². The van der Waals surface area contributed by atoms with E-state index in [4.69, 9.17) is 4.74 Å². The Morgan fingerprint density at radius 3 is 2.89 bits per heavy atom. The highest BCUT2D eigenvalue weighted by Gasteiger charge is 2.13. The second-order valence-electron chi connectivity index (χ2n) is 3.96. The fourth-order valence-electron chi connectivity index (χ4n) is 1.63. The SMILES string of the molecule is O=C(CN1CCOCC1)NN=Cc1ccncc1. The molecule has 1 aliphatic rings. The van der Waals surface area contributed by atoms with Gasteiger partial charge in [0.25, 0.3) is 5.91 Å². The number of morpholine rings is 1. The molecule has 2 heterocycles. The lowest BCUT2D eigenvalue weighted by atomic mass is 10.3. The van der Waals surface area contributed by atoms with Crippen molar-refractivity contribution in [1.29, 1.82) is 0 Å². The molecule has 0 saturated carbocycles. The molecule has 0 aliphatic carbocycles. The molecule has 0 unspecified atom stereocenters. The van der Waals surface area contributed by atoms with E-state index in [1.54, 1.807) is 18.6 Å². The van der Waals surface area contributed by atoms with Crippen LogP contribution >= 0.6 is 0 Å². The molecule has 1 aromatic heterocycles. The Hall–Kier alpha value is -1.79. The Morgan fingerprint density at radius 2 is 2.17 bits per heavy atom. The van der Waals surface area contributed by atoms with Crippen LogP contribution in [0.5, 0.6) is 0 Å². The number of amides is 1. The first-order valence-electron chi connectivity index (χ1n) is 5.86. The number of rotatable bonds is 4. The first kappa shape index (κ1) is 12.7. The molecule has 96 valence electrons. The maximum Gasteiger partial charge on any atom is 0.254 e. The molecule has 0 aromatic carbocycles. The molecule has 2 rings (SSSR count). The zero-order valence-corrected chi connectivity index (χ0v) is 10.1. The number of hydrogen-bond acceptors (Lipinski definition) is 5. The van der Waals surface area contributed by atoms with Crippen LogP contribution < -0.4 is 5.43 Å². The molecule has 6 nitrogen and oxygen atoms in total. The number of aromatic nitrogens is 1. The van der Waals surface area contributed by atoms with Crippen molar-refractivity contribution in [3.63, 3.8) is 0 Å². The van der Waals surface area contributed by atoms with Crippen molar-refractivity contribution in [3.05, 3.63) is 30.1 Å². The summed E-state index contributed by atoms with van der Waals surface area (Å²) in [7, 11) is 0. The molecule has 0 spiro atoms. The zero-order valence-electron chi connectivity index (χ0n) is 10.1. The number of nitrogens with zero attached hydrogens (tertiary/aromatic N) is 3. The highest BCUT2D eigenvalue weighted by Crippen LogP contribution is 1.95. The summed E-state index contributed by atoms with van der Waals surface area (Å²) in [6.07, 6.45) is 4.95. The van der Waals surface area contributed by atoms with Crippen molar-refractivity contribution in [2.24, 2.45) is 5.10 Å². The predicted octanol–water partition coefficient (Wildman–Crippen LogP) is -0.136. The maximum absolute atomic E-state index is 11.6. The van der Waals surface area contributed by atoms with Crippen molar-refractivity contribution in [2.45, 2.75) is 0 Å². The lowest BCUT2D eigenvalue weighted by Crippen LogP contribution is -2.42. The highest BCUT2D eigenvalue weighted by atomic mass is 16.5. The predicted molar refractivity (Wildman–Crippen MR) is 67.2 cm³/mol. The van der Waals surface area contributed by atoms with Gasteiger partial charge >= 0.3 is 0 Å². The number of pyridine rings is 1. The summed E-state index contributed by atoms with van der Waals surface area (Å²) in [5, 5.41) is 3.90. The lowest BCUT2D eigenvalue weighted by Gasteiger charge is -2.25. The first-order valence-corrected chi connectivity index (χ1v) is 5.86. The minimum atomic E-state index is -0.109. The van der Waals surface area contributed by atoms with E-state index >= 15 is 0 Å². The normalized spacial score (nSPS) is 16.9. The van der Waals surface area contributed by atoms with Gasteiger partial charge in [0, 0.05) is 25.5 Å². The molecule has 1 N–H and O–H groups in total. The average molecular weight is 248 g/mol. The van der Waals surface area contributed by atoms with Gasteiger partial charge in [-0.3, -0.25) is 14.7 Å². The zero-order chi connectivity index (χ0) is 12.6. The van der Waals surface area contributed by atoms with E-state index in [0.29, 0.717) is 19.8 Å². The summed E-state index contributed by atoms with van der Waals surface area (Å²) >= 11 is 0. The topological polar surface area (TPSA) is 66.8 Å². The van der Waals surface area contributed by atoms with Crippen LogP contribution in [0.4, 0.5) is 0 Å². The summed E-state index contributed by atoms with van der Waals surface area (Å²) in [6, 6.07) is 3.63. The van der Waals surface area contributed by atoms with E-state index in [9.17, 15) is 4.79 Å². The van der Waals surface area contributed by atoms with Gasteiger partial charge in [-0.1, -0.05) is 0 Å². The van der Waals surface area contributed by atoms with Gasteiger partial charge in [-0.25, -0.2) is 5.43 Å². The van der Waals surface area contributed by atoms with E-state index < -0.39 is 0 Å². The van der Waals surface area contributed by atoms with Gasteiger partial charge in [0.05, 0.1) is 26.0 Å². The van der Waals surface area contributed by atoms with Crippen LogP contribution in [0.25, 0.3) is 0 Å². The fraction of sp³-hybridized carbons (Fsp3) is 0.417. The van der Waals surface area contributed by atoms with Crippen LogP contribution in [0, 0.1) is 0 Å². The standard InChI is InChI=1S/C12H16N4O2/c17-12(10-16-5-7-18-8-6-16)15-14-9-11-1-3-13-4-2-11/h1-4,9H,5-8,10H2,(H,15,17). The number of carbonyl (C=O) groups excluding carboxylic acids is 1. The molecule has 0 radical (unpaired) electrons. The molecule has 1 amide bonds. The second-order valence-corrected chi connectivity index (χ2v) is 3.96. The summed E-state index contributed by atoms with van der Waals surface area (Å²) in [6.45, 7) is 3.32. The van der Waals surface area contributed by atoms with Crippen molar-refractivity contribution in [2.75, 3.05) is 32.8 Å². The Kier molecular flexibility index (Phi) is 4.80. The molecule has 1 saturated heterocycles. The van der Waals surface area contributed by atoms with Crippen LogP contribution in [-0.4, -0.2) is 54.9 Å². The van der Waals surface area contributed by atoms with Crippen LogP contribution in [0.3, 0.4) is 0 Å². The average Bonchev–Trinajstić information content (AvgIpc) is 2.41. The van der Waals surface area contributed by atoms with Gasteiger partial charge in [-0.2, -0.15) is 5.10 Å². The monoisotopic (exact) mass is 248 g/mol. The Balaban J connectivity index is 1.72. The molecule has 0 atom stereocenters. The van der Waals surface area contributed by atoms with Gasteiger partial charge in [-0.15, -0.1) is 0 Å². The van der Waals surface area contributed by atoms with E-state index in [0.717, 1.165) is 18.7 Å². The van der Waals surface area contributed by atoms with E-state index in [-0.39, 0.29) is 5.91 Å². The van der Waals surface area contributed by atoms with Crippen molar-refractivity contribution in [1.82, 2.24) is 15.3 Å². The number of hydrazone groups is 1. The summed E-state index contributed by atoms with van der Waals surface area (Å²) in [5.41, 5.74) is 3.41. The quantitative estimate of drug-likeness (QED) is 0.595. The largest absolute Gasteiger partial charge is 0.379 e. The van der Waals surface area contributed by atoms with E-state index in [2.05, 4.69) is 15.5 Å². The molecule has 1 aliphatic heterocycles. The minimum absolute atomic E-state index is 0.109. The van der Waals surface area contributed by atoms with Gasteiger partial charge < -0.3 is 4.74 Å². The van der Waals surface area contributed by atoms with Crippen LogP contribution in [0.2, 0.25) is 0 Å². The first-order chi connectivity index (χ1) is 8.84. The molecular formula is C12H16N4O2. The van der Waals surface area contributed by atoms with Crippen molar-refractivity contribution in [3.8, 4) is 0 Å². The third-order valence-electron chi connectivity index (χ3n) is 2.58. The fourth-order valence-corrected chi connectivity index (χ4v) is 1.63. The molecular weight excluding hydrogens is 232 g/mol. The van der Waals surface area contributed by atoms with Crippen molar-refractivity contribution < 1.29 is 9.53 Å². The summed E-state index contributed by atoms with van der Waals surface area (Å²) < 4.78 is 5.21. The van der Waals surface area contributed by atoms with Crippen LogP contribution in [-0.2, 0) is 9.53 Å². The molecule has 18 heavy (non-hydrogen) atoms. The van der Waals surface area contributed by atoms with Crippen molar-refractivity contribution >= 4 is 12.1 Å². The van der Waals surface area contributed by atoms with Crippen LogP contribution in [0.15, 0.2) is 29.6 Å². The Bertz CT molecular complexity index is 402. The number of ether oxygens (including phenoxy) is 1. The highest BCUT2D eigenvalue weighted by molar-refractivity contribution is 5.82. The van der Waals surface area contributed by atoms with E-state index in [1.807, 2.05) is 17.0 Å². The third kappa shape index (κ3) is 4.23. The van der Waals surface area contributed by atoms with Gasteiger partial charge in [0.1, 0.15) is 0 Å². The van der Waals surface area contributed by atoms with Gasteiger partial charge in [-0.05, 0) is 17.7 Å². The molecule has 0 bridgehead atoms. The van der Waals surface area contributed by atoms with Gasteiger partial charge in [0.15, 0.2) is 0 Å². The van der Waals surface area contributed by atoms with Crippen LogP contribution in [0.1, 0.15) is 5.56 Å². The molecule has 6 heteroatoms. The second kappa shape index (κ2) is 6.83. The smallest absolute Gasteiger partial charge is 0.254 e. The van der Waals surface area contributed by atoms with E-state index in [1.165, 1.54) is 0 Å². The third-order valence-corrected chi connectivity index (χ3v) is 2.58. The number of carbonyl (C=O) groups is 1. The molecule has 1 fully saturated rings. The Morgan fingerprint density at radius 1 is 1.44 bits per heavy atom.